The number of pyridine rings is 1. The van der Waals surface area contributed by atoms with E-state index in [1.54, 1.807) is 24.3 Å². The Morgan fingerprint density at radius 3 is 2.31 bits per heavy atom. The molecule has 0 unspecified atom stereocenters. The topological polar surface area (TPSA) is 24.9 Å². The van der Waals surface area contributed by atoms with Crippen molar-refractivity contribution >= 4 is 34.0 Å². The Balaban J connectivity index is 1.59. The zero-order chi connectivity index (χ0) is 18.5. The van der Waals surface area contributed by atoms with Crippen LogP contribution in [0, 0.1) is 5.82 Å². The van der Waals surface area contributed by atoms with E-state index in [2.05, 4.69) is 10.3 Å². The first kappa shape index (κ1) is 17.1. The fraction of sp³-hybridized carbons (Fsp3) is 0.211. The standard InChI is InChI=1S/C19H13ClF4N2/c20-15-10-13(21)9-11-1-6-16(26-17(11)15)25-14-4-2-12(3-5-14)18(7-8-18)19(22,23)24/h1-6,9-10H,7-8H2,(H,25,26). The monoisotopic (exact) mass is 380 g/mol. The third kappa shape index (κ3) is 2.88. The van der Waals surface area contributed by atoms with E-state index in [-0.39, 0.29) is 23.4 Å². The molecular formula is C19H13ClF4N2. The molecule has 0 atom stereocenters. The number of hydrogen-bond donors (Lipinski definition) is 1. The zero-order valence-corrected chi connectivity index (χ0v) is 14.1. The van der Waals surface area contributed by atoms with Crippen LogP contribution in [0.5, 0.6) is 0 Å². The second-order valence-corrected chi connectivity index (χ2v) is 6.85. The molecule has 3 aromatic rings. The number of nitrogens with one attached hydrogen (secondary N) is 1. The molecule has 1 fully saturated rings. The van der Waals surface area contributed by atoms with Crippen LogP contribution < -0.4 is 5.32 Å². The predicted molar refractivity (Wildman–Crippen MR) is 93.4 cm³/mol. The zero-order valence-electron chi connectivity index (χ0n) is 13.4. The fourth-order valence-corrected chi connectivity index (χ4v) is 3.36. The second-order valence-electron chi connectivity index (χ2n) is 6.44. The van der Waals surface area contributed by atoms with Gasteiger partial charge in [-0.15, -0.1) is 0 Å². The van der Waals surface area contributed by atoms with Gasteiger partial charge in [0.05, 0.1) is 16.0 Å². The van der Waals surface area contributed by atoms with Crippen molar-refractivity contribution in [2.45, 2.75) is 24.4 Å². The van der Waals surface area contributed by atoms with E-state index in [4.69, 9.17) is 11.6 Å². The molecule has 0 radical (unpaired) electrons. The minimum Gasteiger partial charge on any atom is -0.340 e. The summed E-state index contributed by atoms with van der Waals surface area (Å²) < 4.78 is 52.9. The summed E-state index contributed by atoms with van der Waals surface area (Å²) in [7, 11) is 0. The summed E-state index contributed by atoms with van der Waals surface area (Å²) in [4.78, 5) is 4.34. The highest BCUT2D eigenvalue weighted by Gasteiger charge is 2.64. The molecular weight excluding hydrogens is 368 g/mol. The minimum absolute atomic E-state index is 0.130. The van der Waals surface area contributed by atoms with Crippen LogP contribution in [-0.2, 0) is 5.41 Å². The molecule has 0 amide bonds. The molecule has 0 bridgehead atoms. The molecule has 0 saturated heterocycles. The number of aromatic nitrogens is 1. The Bertz CT molecular complexity index is 979. The van der Waals surface area contributed by atoms with Crippen molar-refractivity contribution in [3.8, 4) is 0 Å². The highest BCUT2D eigenvalue weighted by atomic mass is 35.5. The largest absolute Gasteiger partial charge is 0.398 e. The first-order chi connectivity index (χ1) is 12.3. The summed E-state index contributed by atoms with van der Waals surface area (Å²) in [5, 5.41) is 3.79. The number of halogens is 5. The van der Waals surface area contributed by atoms with Crippen LogP contribution in [0.1, 0.15) is 18.4 Å². The predicted octanol–water partition coefficient (Wildman–Crippen LogP) is 6.36. The molecule has 0 aliphatic heterocycles. The van der Waals surface area contributed by atoms with E-state index in [1.165, 1.54) is 24.3 Å². The van der Waals surface area contributed by atoms with E-state index in [0.717, 1.165) is 0 Å². The maximum Gasteiger partial charge on any atom is 0.398 e. The number of hydrogen-bond acceptors (Lipinski definition) is 2. The normalized spacial score (nSPS) is 15.9. The summed E-state index contributed by atoms with van der Waals surface area (Å²) in [5.74, 6) is 0.0231. The van der Waals surface area contributed by atoms with Gasteiger partial charge in [-0.1, -0.05) is 23.7 Å². The lowest BCUT2D eigenvalue weighted by Crippen LogP contribution is -2.28. The van der Waals surface area contributed by atoms with Gasteiger partial charge in [0.25, 0.3) is 0 Å². The van der Waals surface area contributed by atoms with Crippen LogP contribution in [-0.4, -0.2) is 11.2 Å². The van der Waals surface area contributed by atoms with Gasteiger partial charge in [0.15, 0.2) is 0 Å². The Labute approximate surface area is 151 Å². The van der Waals surface area contributed by atoms with E-state index >= 15 is 0 Å². The smallest absolute Gasteiger partial charge is 0.340 e. The minimum atomic E-state index is -4.23. The van der Waals surface area contributed by atoms with Crippen molar-refractivity contribution in [3.63, 3.8) is 0 Å². The Hall–Kier alpha value is -2.34. The third-order valence-corrected chi connectivity index (χ3v) is 5.00. The average Bonchev–Trinajstić information content (AvgIpc) is 3.38. The lowest BCUT2D eigenvalue weighted by atomic mass is 9.95. The van der Waals surface area contributed by atoms with Crippen LogP contribution in [0.4, 0.5) is 29.1 Å². The number of benzene rings is 2. The van der Waals surface area contributed by atoms with Crippen molar-refractivity contribution in [1.29, 1.82) is 0 Å². The first-order valence-corrected chi connectivity index (χ1v) is 8.36. The molecule has 4 rings (SSSR count). The molecule has 2 aromatic carbocycles. The maximum absolute atomic E-state index is 13.4. The number of fused-ring (bicyclic) bond motifs is 1. The van der Waals surface area contributed by atoms with Crippen molar-refractivity contribution in [1.82, 2.24) is 4.98 Å². The van der Waals surface area contributed by atoms with Crippen LogP contribution in [0.15, 0.2) is 48.5 Å². The molecule has 1 N–H and O–H groups in total. The van der Waals surface area contributed by atoms with E-state index in [0.29, 0.717) is 22.4 Å². The molecule has 1 aliphatic rings. The van der Waals surface area contributed by atoms with Gasteiger partial charge in [0, 0.05) is 11.1 Å². The summed E-state index contributed by atoms with van der Waals surface area (Å²) in [6, 6.07) is 12.0. The van der Waals surface area contributed by atoms with Crippen LogP contribution in [0.2, 0.25) is 5.02 Å². The van der Waals surface area contributed by atoms with E-state index in [1.807, 2.05) is 0 Å². The molecule has 1 aliphatic carbocycles. The number of nitrogens with zero attached hydrogens (tertiary/aromatic N) is 1. The third-order valence-electron chi connectivity index (χ3n) is 4.71. The van der Waals surface area contributed by atoms with Gasteiger partial charge in [-0.25, -0.2) is 9.37 Å². The Kier molecular flexibility index (Phi) is 3.84. The van der Waals surface area contributed by atoms with Crippen molar-refractivity contribution in [2.75, 3.05) is 5.32 Å². The molecule has 1 saturated carbocycles. The fourth-order valence-electron chi connectivity index (χ4n) is 3.11. The van der Waals surface area contributed by atoms with Crippen molar-refractivity contribution < 1.29 is 17.6 Å². The van der Waals surface area contributed by atoms with Crippen molar-refractivity contribution in [2.24, 2.45) is 0 Å². The lowest BCUT2D eigenvalue weighted by molar-refractivity contribution is -0.160. The van der Waals surface area contributed by atoms with Crippen LogP contribution in [0.3, 0.4) is 0 Å². The summed E-state index contributed by atoms with van der Waals surface area (Å²) >= 11 is 6.02. The number of anilines is 2. The van der Waals surface area contributed by atoms with E-state index < -0.39 is 17.4 Å². The van der Waals surface area contributed by atoms with Gasteiger partial charge in [0.2, 0.25) is 0 Å². The van der Waals surface area contributed by atoms with E-state index in [9.17, 15) is 17.6 Å². The second kappa shape index (κ2) is 5.84. The molecule has 1 aromatic heterocycles. The highest BCUT2D eigenvalue weighted by Crippen LogP contribution is 2.58. The van der Waals surface area contributed by atoms with Gasteiger partial charge in [0.1, 0.15) is 11.6 Å². The summed E-state index contributed by atoms with van der Waals surface area (Å²) in [6.07, 6.45) is -3.97. The van der Waals surface area contributed by atoms with Gasteiger partial charge in [-0.05, 0) is 54.8 Å². The van der Waals surface area contributed by atoms with Crippen LogP contribution in [0.25, 0.3) is 10.9 Å². The molecule has 7 heteroatoms. The highest BCUT2D eigenvalue weighted by molar-refractivity contribution is 6.35. The molecule has 1 heterocycles. The van der Waals surface area contributed by atoms with Crippen molar-refractivity contribution in [3.05, 3.63) is 64.9 Å². The van der Waals surface area contributed by atoms with Gasteiger partial charge in [-0.3, -0.25) is 0 Å². The Morgan fingerprint density at radius 1 is 1.00 bits per heavy atom. The number of rotatable bonds is 3. The lowest BCUT2D eigenvalue weighted by Gasteiger charge is -2.20. The SMILES string of the molecule is Fc1cc(Cl)c2nc(Nc3ccc(C4(C(F)(F)F)CC4)cc3)ccc2c1. The van der Waals surface area contributed by atoms with Crippen LogP contribution >= 0.6 is 11.6 Å². The molecule has 0 spiro atoms. The first-order valence-electron chi connectivity index (χ1n) is 7.99. The summed E-state index contributed by atoms with van der Waals surface area (Å²) in [5.41, 5.74) is -0.356. The molecule has 2 nitrogen and oxygen atoms in total. The molecule has 134 valence electrons. The van der Waals surface area contributed by atoms with Gasteiger partial charge < -0.3 is 5.32 Å². The Morgan fingerprint density at radius 2 is 1.69 bits per heavy atom. The molecule has 26 heavy (non-hydrogen) atoms. The average molecular weight is 381 g/mol. The van der Waals surface area contributed by atoms with Gasteiger partial charge in [-0.2, -0.15) is 13.2 Å². The number of alkyl halides is 3. The summed E-state index contributed by atoms with van der Waals surface area (Å²) in [6.45, 7) is 0. The van der Waals surface area contributed by atoms with Gasteiger partial charge >= 0.3 is 6.18 Å². The maximum atomic E-state index is 13.4. The quantitative estimate of drug-likeness (QED) is 0.534.